The van der Waals surface area contributed by atoms with E-state index in [1.54, 1.807) is 12.1 Å². The van der Waals surface area contributed by atoms with Crippen LogP contribution in [0.4, 0.5) is 10.2 Å². The lowest BCUT2D eigenvalue weighted by Crippen LogP contribution is -2.15. The van der Waals surface area contributed by atoms with Crippen molar-refractivity contribution in [3.63, 3.8) is 0 Å². The highest BCUT2D eigenvalue weighted by Gasteiger charge is 2.15. The van der Waals surface area contributed by atoms with E-state index in [0.29, 0.717) is 23.8 Å². The molecular weight excluding hydrogens is 381 g/mol. The molecule has 0 amide bonds. The maximum atomic E-state index is 13.3. The Kier molecular flexibility index (Phi) is 5.63. The van der Waals surface area contributed by atoms with Crippen LogP contribution in [0.5, 0.6) is 5.75 Å². The molecule has 0 atom stereocenters. The van der Waals surface area contributed by atoms with Gasteiger partial charge in [-0.25, -0.2) is 9.37 Å². The van der Waals surface area contributed by atoms with Crippen molar-refractivity contribution in [2.75, 3.05) is 33.0 Å². The van der Waals surface area contributed by atoms with Gasteiger partial charge >= 0.3 is 0 Å². The Hall–Kier alpha value is -3.45. The fraction of sp³-hybridized carbons (Fsp3) is 0.217. The fourth-order valence-corrected chi connectivity index (χ4v) is 3.34. The van der Waals surface area contributed by atoms with E-state index in [9.17, 15) is 4.39 Å². The molecule has 0 aliphatic rings. The number of pyridine rings is 1. The van der Waals surface area contributed by atoms with Crippen molar-refractivity contribution < 1.29 is 9.13 Å². The zero-order valence-electron chi connectivity index (χ0n) is 17.0. The molecule has 154 valence electrons. The molecule has 0 radical (unpaired) electrons. The molecule has 0 bridgehead atoms. The van der Waals surface area contributed by atoms with Gasteiger partial charge in [0.05, 0.1) is 17.7 Å². The number of nitrogens with zero attached hydrogens (tertiary/aromatic N) is 3. The summed E-state index contributed by atoms with van der Waals surface area (Å²) >= 11 is 0. The highest BCUT2D eigenvalue weighted by Crippen LogP contribution is 2.34. The second kappa shape index (κ2) is 8.51. The molecule has 0 fully saturated rings. The number of aromatic amines is 1. The number of nitrogen functional groups attached to an aromatic ring is 1. The molecule has 2 heterocycles. The normalized spacial score (nSPS) is 11.3. The highest BCUT2D eigenvalue weighted by atomic mass is 19.1. The van der Waals surface area contributed by atoms with Gasteiger partial charge in [-0.2, -0.15) is 5.10 Å². The second-order valence-corrected chi connectivity index (χ2v) is 7.43. The van der Waals surface area contributed by atoms with E-state index in [-0.39, 0.29) is 5.82 Å². The average Bonchev–Trinajstić information content (AvgIpc) is 3.12. The van der Waals surface area contributed by atoms with Gasteiger partial charge in [0.25, 0.3) is 0 Å². The van der Waals surface area contributed by atoms with E-state index in [1.807, 2.05) is 44.4 Å². The molecule has 0 aliphatic carbocycles. The number of fused-ring (bicyclic) bond motifs is 1. The smallest absolute Gasteiger partial charge is 0.184 e. The molecule has 6 nitrogen and oxygen atoms in total. The Bertz CT molecular complexity index is 1140. The molecule has 0 saturated heterocycles. The van der Waals surface area contributed by atoms with E-state index in [1.165, 1.54) is 12.1 Å². The number of anilines is 1. The molecule has 4 aromatic rings. The molecule has 0 saturated carbocycles. The maximum absolute atomic E-state index is 13.3. The average molecular weight is 405 g/mol. The predicted molar refractivity (Wildman–Crippen MR) is 118 cm³/mol. The summed E-state index contributed by atoms with van der Waals surface area (Å²) in [6, 6.07) is 16.1. The Balaban J connectivity index is 1.65. The van der Waals surface area contributed by atoms with E-state index < -0.39 is 0 Å². The molecule has 3 N–H and O–H groups in total. The van der Waals surface area contributed by atoms with E-state index in [2.05, 4.69) is 20.1 Å². The topological polar surface area (TPSA) is 80.1 Å². The van der Waals surface area contributed by atoms with E-state index in [4.69, 9.17) is 10.5 Å². The molecule has 7 heteroatoms. The molecule has 2 aromatic heterocycles. The Morgan fingerprint density at radius 2 is 1.73 bits per heavy atom. The summed E-state index contributed by atoms with van der Waals surface area (Å²) in [6.45, 7) is 1.65. The quantitative estimate of drug-likeness (QED) is 0.447. The molecular formula is C23H24FN5O. The third-order valence-electron chi connectivity index (χ3n) is 4.88. The van der Waals surface area contributed by atoms with Gasteiger partial charge in [0.1, 0.15) is 17.4 Å². The molecule has 30 heavy (non-hydrogen) atoms. The predicted octanol–water partition coefficient (Wildman–Crippen LogP) is 4.34. The summed E-state index contributed by atoms with van der Waals surface area (Å²) in [5, 5.41) is 7.80. The number of ether oxygens (including phenoxy) is 1. The van der Waals surface area contributed by atoms with Crippen molar-refractivity contribution in [1.29, 1.82) is 0 Å². The van der Waals surface area contributed by atoms with Crippen molar-refractivity contribution in [3.8, 4) is 28.1 Å². The highest BCUT2D eigenvalue weighted by molar-refractivity contribution is 6.01. The van der Waals surface area contributed by atoms with Crippen LogP contribution >= 0.6 is 0 Å². The minimum atomic E-state index is -0.287. The van der Waals surface area contributed by atoms with Crippen LogP contribution in [-0.2, 0) is 0 Å². The number of nitrogens with one attached hydrogen (secondary N) is 1. The van der Waals surface area contributed by atoms with Crippen LogP contribution < -0.4 is 10.5 Å². The van der Waals surface area contributed by atoms with E-state index >= 15 is 0 Å². The van der Waals surface area contributed by atoms with Crippen LogP contribution in [0.3, 0.4) is 0 Å². The zero-order valence-corrected chi connectivity index (χ0v) is 17.0. The maximum Gasteiger partial charge on any atom is 0.184 e. The lowest BCUT2D eigenvalue weighted by molar-refractivity contribution is 0.281. The first-order chi connectivity index (χ1) is 14.5. The van der Waals surface area contributed by atoms with Crippen molar-refractivity contribution in [2.24, 2.45) is 0 Å². The first kappa shape index (κ1) is 19.8. The molecule has 0 unspecified atom stereocenters. The Labute approximate surface area is 174 Å². The third-order valence-corrected chi connectivity index (χ3v) is 4.88. The van der Waals surface area contributed by atoms with Crippen molar-refractivity contribution in [3.05, 3.63) is 60.4 Å². The lowest BCUT2D eigenvalue weighted by atomic mass is 10.00. The van der Waals surface area contributed by atoms with Gasteiger partial charge in [-0.1, -0.05) is 12.1 Å². The third kappa shape index (κ3) is 4.26. The van der Waals surface area contributed by atoms with Gasteiger partial charge in [0, 0.05) is 12.1 Å². The summed E-state index contributed by atoms with van der Waals surface area (Å²) in [4.78, 5) is 6.72. The van der Waals surface area contributed by atoms with Gasteiger partial charge in [0.15, 0.2) is 5.65 Å². The van der Waals surface area contributed by atoms with Gasteiger partial charge in [0.2, 0.25) is 0 Å². The number of rotatable bonds is 7. The van der Waals surface area contributed by atoms with Crippen LogP contribution in [0.25, 0.3) is 33.4 Å². The van der Waals surface area contributed by atoms with Gasteiger partial charge in [-0.05, 0) is 74.1 Å². The minimum absolute atomic E-state index is 0.287. The SMILES string of the molecule is CN(C)CCCOc1ccc(-c2cc(-c3ccc(F)cc3)nc3n[nH]c(N)c23)cc1. The zero-order chi connectivity index (χ0) is 21.1. The van der Waals surface area contributed by atoms with Crippen LogP contribution in [0, 0.1) is 5.82 Å². The number of H-pyrrole nitrogens is 1. The molecule has 4 rings (SSSR count). The van der Waals surface area contributed by atoms with E-state index in [0.717, 1.165) is 40.8 Å². The molecule has 0 spiro atoms. The van der Waals surface area contributed by atoms with Crippen LogP contribution in [0.1, 0.15) is 6.42 Å². The Morgan fingerprint density at radius 3 is 2.43 bits per heavy atom. The second-order valence-electron chi connectivity index (χ2n) is 7.43. The standard InChI is InChI=1S/C23H24FN5O/c1-29(2)12-3-13-30-18-10-6-15(7-11-18)19-14-20(16-4-8-17(24)9-5-16)26-23-21(19)22(25)27-28-23/h4-11,14H,3,12-13H2,1-2H3,(H3,25,26,27,28). The molecule has 2 aromatic carbocycles. The number of hydrogen-bond donors (Lipinski definition) is 2. The van der Waals surface area contributed by atoms with Crippen LogP contribution in [-0.4, -0.2) is 47.3 Å². The van der Waals surface area contributed by atoms with Crippen molar-refractivity contribution >= 4 is 16.9 Å². The Morgan fingerprint density at radius 1 is 1.03 bits per heavy atom. The lowest BCUT2D eigenvalue weighted by Gasteiger charge is -2.11. The molecule has 0 aliphatic heterocycles. The largest absolute Gasteiger partial charge is 0.494 e. The van der Waals surface area contributed by atoms with Gasteiger partial charge in [-0.3, -0.25) is 5.10 Å². The summed E-state index contributed by atoms with van der Waals surface area (Å²) in [7, 11) is 4.10. The van der Waals surface area contributed by atoms with Crippen molar-refractivity contribution in [2.45, 2.75) is 6.42 Å². The van der Waals surface area contributed by atoms with Gasteiger partial charge < -0.3 is 15.4 Å². The first-order valence-electron chi connectivity index (χ1n) is 9.80. The van der Waals surface area contributed by atoms with Crippen molar-refractivity contribution in [1.82, 2.24) is 20.1 Å². The van der Waals surface area contributed by atoms with Gasteiger partial charge in [-0.15, -0.1) is 0 Å². The number of benzene rings is 2. The monoisotopic (exact) mass is 405 g/mol. The van der Waals surface area contributed by atoms with Crippen LogP contribution in [0.15, 0.2) is 54.6 Å². The number of aromatic nitrogens is 3. The minimum Gasteiger partial charge on any atom is -0.494 e. The first-order valence-corrected chi connectivity index (χ1v) is 9.80. The summed E-state index contributed by atoms with van der Waals surface area (Å²) in [5.74, 6) is 0.995. The number of nitrogens with two attached hydrogens (primary N) is 1. The number of hydrogen-bond acceptors (Lipinski definition) is 5. The fourth-order valence-electron chi connectivity index (χ4n) is 3.34. The summed E-state index contributed by atoms with van der Waals surface area (Å²) < 4.78 is 19.2. The summed E-state index contributed by atoms with van der Waals surface area (Å²) in [6.07, 6.45) is 0.965. The number of halogens is 1. The van der Waals surface area contributed by atoms with Crippen LogP contribution in [0.2, 0.25) is 0 Å². The summed E-state index contributed by atoms with van der Waals surface area (Å²) in [5.41, 5.74) is 10.0.